The normalized spacial score (nSPS) is 50.1. The van der Waals surface area contributed by atoms with Gasteiger partial charge < -0.3 is 0 Å². The van der Waals surface area contributed by atoms with Gasteiger partial charge >= 0.3 is 0 Å². The lowest BCUT2D eigenvalue weighted by atomic mass is 10.2. The minimum atomic E-state index is -0.0417. The summed E-state index contributed by atoms with van der Waals surface area (Å²) in [6.45, 7) is 1.05. The molecule has 1 saturated carbocycles. The molecule has 8 heavy (non-hydrogen) atoms. The highest BCUT2D eigenvalue weighted by Crippen LogP contribution is 2.48. The van der Waals surface area contributed by atoms with E-state index < -0.39 is 0 Å². The Kier molecular flexibility index (Phi) is 0.575. The molecule has 0 aromatic heterocycles. The molecule has 2 nitrogen and oxygen atoms in total. The molecule has 2 atom stereocenters. The highest BCUT2D eigenvalue weighted by Gasteiger charge is 2.57. The van der Waals surface area contributed by atoms with Crippen molar-refractivity contribution in [3.63, 3.8) is 0 Å². The third-order valence-corrected chi connectivity index (χ3v) is 2.24. The van der Waals surface area contributed by atoms with Crippen LogP contribution in [0, 0.1) is 17.2 Å². The van der Waals surface area contributed by atoms with Crippen LogP contribution in [0.15, 0.2) is 0 Å². The third kappa shape index (κ3) is 0.317. The Bertz CT molecular complexity index is 158. The average Bonchev–Trinajstić information content (AvgIpc) is 2.38. The molecule has 1 aliphatic heterocycles. The van der Waals surface area contributed by atoms with Crippen LogP contribution in [-0.4, -0.2) is 12.1 Å². The summed E-state index contributed by atoms with van der Waals surface area (Å²) in [7, 11) is 0. The molecular formula is C6H8N2. The maximum Gasteiger partial charge on any atom is 0.110 e. The molecule has 0 amide bonds. The van der Waals surface area contributed by atoms with Crippen LogP contribution in [0.2, 0.25) is 0 Å². The van der Waals surface area contributed by atoms with Crippen LogP contribution in [0.5, 0.6) is 0 Å². The molecule has 42 valence electrons. The summed E-state index contributed by atoms with van der Waals surface area (Å²) in [4.78, 5) is 0. The summed E-state index contributed by atoms with van der Waals surface area (Å²) in [5.41, 5.74) is -0.0417. The molecule has 2 aliphatic rings. The van der Waals surface area contributed by atoms with E-state index in [1.165, 1.54) is 6.42 Å². The van der Waals surface area contributed by atoms with Crippen LogP contribution in [0.25, 0.3) is 0 Å². The van der Waals surface area contributed by atoms with Crippen LogP contribution in [-0.2, 0) is 0 Å². The van der Waals surface area contributed by atoms with Gasteiger partial charge in [-0.05, 0) is 25.3 Å². The lowest BCUT2D eigenvalue weighted by Gasteiger charge is -1.97. The van der Waals surface area contributed by atoms with Crippen LogP contribution >= 0.6 is 0 Å². The van der Waals surface area contributed by atoms with E-state index in [0.29, 0.717) is 5.92 Å². The molecular weight excluding hydrogens is 100 g/mol. The van der Waals surface area contributed by atoms with Crippen molar-refractivity contribution < 1.29 is 0 Å². The molecule has 0 aromatic carbocycles. The number of nitrogens with zero attached hydrogens (tertiary/aromatic N) is 1. The quantitative estimate of drug-likeness (QED) is 0.483. The Morgan fingerprint density at radius 3 is 2.88 bits per heavy atom. The highest BCUT2D eigenvalue weighted by molar-refractivity contribution is 5.26. The van der Waals surface area contributed by atoms with Crippen LogP contribution in [0.4, 0.5) is 0 Å². The van der Waals surface area contributed by atoms with E-state index >= 15 is 0 Å². The third-order valence-electron chi connectivity index (χ3n) is 2.24. The fourth-order valence-corrected chi connectivity index (χ4v) is 1.54. The predicted octanol–water partition coefficient (Wildman–Crippen LogP) is 0.262. The Hall–Kier alpha value is -0.550. The smallest absolute Gasteiger partial charge is 0.110 e. The first-order chi connectivity index (χ1) is 3.87. The zero-order chi connectivity index (χ0) is 5.61. The molecule has 1 heterocycles. The average molecular weight is 108 g/mol. The fourth-order valence-electron chi connectivity index (χ4n) is 1.54. The molecule has 2 heteroatoms. The molecule has 2 unspecified atom stereocenters. The number of nitrogens with one attached hydrogen (secondary N) is 1. The molecule has 2 fully saturated rings. The number of rotatable bonds is 0. The maximum absolute atomic E-state index is 8.55. The topological polar surface area (TPSA) is 35.8 Å². The van der Waals surface area contributed by atoms with Crippen molar-refractivity contribution in [3.05, 3.63) is 0 Å². The fraction of sp³-hybridized carbons (Fsp3) is 0.833. The van der Waals surface area contributed by atoms with Crippen molar-refractivity contribution in [2.75, 3.05) is 6.54 Å². The molecule has 0 radical (unpaired) electrons. The van der Waals surface area contributed by atoms with E-state index in [1.54, 1.807) is 0 Å². The number of nitriles is 1. The van der Waals surface area contributed by atoms with Crippen molar-refractivity contribution in [1.29, 1.82) is 5.26 Å². The van der Waals surface area contributed by atoms with Crippen molar-refractivity contribution >= 4 is 0 Å². The summed E-state index contributed by atoms with van der Waals surface area (Å²) in [5.74, 6) is 0.701. The first kappa shape index (κ1) is 4.34. The van der Waals surface area contributed by atoms with Gasteiger partial charge in [0.05, 0.1) is 6.07 Å². The van der Waals surface area contributed by atoms with Gasteiger partial charge in [-0.15, -0.1) is 0 Å². The SMILES string of the molecule is N#CC12CC1CCN2. The number of hydrogen-bond acceptors (Lipinski definition) is 2. The standard InChI is InChI=1S/C6H8N2/c7-4-6-3-5(6)1-2-8-6/h5,8H,1-3H2. The van der Waals surface area contributed by atoms with E-state index in [4.69, 9.17) is 5.26 Å². The Morgan fingerprint density at radius 2 is 2.62 bits per heavy atom. The maximum atomic E-state index is 8.55. The number of fused-ring (bicyclic) bond motifs is 1. The minimum Gasteiger partial charge on any atom is -0.299 e. The Labute approximate surface area is 48.5 Å². The van der Waals surface area contributed by atoms with Gasteiger partial charge in [-0.3, -0.25) is 5.32 Å². The number of hydrogen-bond donors (Lipinski definition) is 1. The second-order valence-electron chi connectivity index (χ2n) is 2.70. The van der Waals surface area contributed by atoms with E-state index in [0.717, 1.165) is 13.0 Å². The summed E-state index contributed by atoms with van der Waals surface area (Å²) in [6, 6.07) is 2.30. The number of piperidine rings is 1. The lowest BCUT2D eigenvalue weighted by molar-refractivity contribution is 0.669. The van der Waals surface area contributed by atoms with Crippen molar-refractivity contribution in [2.45, 2.75) is 18.4 Å². The van der Waals surface area contributed by atoms with Gasteiger partial charge in [0.15, 0.2) is 0 Å². The second kappa shape index (κ2) is 1.06. The van der Waals surface area contributed by atoms with Gasteiger partial charge in [-0.2, -0.15) is 5.26 Å². The first-order valence-corrected chi connectivity index (χ1v) is 3.04. The van der Waals surface area contributed by atoms with Crippen molar-refractivity contribution in [3.8, 4) is 6.07 Å². The Morgan fingerprint density at radius 1 is 1.75 bits per heavy atom. The summed E-state index contributed by atoms with van der Waals surface area (Å²) < 4.78 is 0. The molecule has 1 N–H and O–H groups in total. The van der Waals surface area contributed by atoms with Gasteiger partial charge in [0.1, 0.15) is 5.54 Å². The minimum absolute atomic E-state index is 0.0417. The van der Waals surface area contributed by atoms with Crippen LogP contribution in [0.1, 0.15) is 12.8 Å². The zero-order valence-electron chi connectivity index (χ0n) is 4.65. The Balaban J connectivity index is 2.22. The first-order valence-electron chi connectivity index (χ1n) is 3.04. The van der Waals surface area contributed by atoms with Crippen molar-refractivity contribution in [2.24, 2.45) is 5.92 Å². The van der Waals surface area contributed by atoms with Gasteiger partial charge in [-0.1, -0.05) is 0 Å². The molecule has 1 aliphatic carbocycles. The predicted molar refractivity (Wildman–Crippen MR) is 29.1 cm³/mol. The molecule has 0 aromatic rings. The molecule has 2 rings (SSSR count). The van der Waals surface area contributed by atoms with E-state index in [2.05, 4.69) is 11.4 Å². The van der Waals surface area contributed by atoms with Gasteiger partial charge in [0.25, 0.3) is 0 Å². The lowest BCUT2D eigenvalue weighted by Crippen LogP contribution is -2.25. The summed E-state index contributed by atoms with van der Waals surface area (Å²) in [5, 5.41) is 11.8. The van der Waals surface area contributed by atoms with E-state index in [-0.39, 0.29) is 5.54 Å². The van der Waals surface area contributed by atoms with Gasteiger partial charge in [0, 0.05) is 0 Å². The highest BCUT2D eigenvalue weighted by atomic mass is 15.1. The van der Waals surface area contributed by atoms with Gasteiger partial charge in [-0.25, -0.2) is 0 Å². The monoisotopic (exact) mass is 108 g/mol. The summed E-state index contributed by atoms with van der Waals surface area (Å²) in [6.07, 6.45) is 2.32. The molecule has 1 saturated heterocycles. The van der Waals surface area contributed by atoms with Crippen molar-refractivity contribution in [1.82, 2.24) is 5.32 Å². The summed E-state index contributed by atoms with van der Waals surface area (Å²) >= 11 is 0. The second-order valence-corrected chi connectivity index (χ2v) is 2.70. The van der Waals surface area contributed by atoms with Gasteiger partial charge in [0.2, 0.25) is 0 Å². The molecule has 0 spiro atoms. The largest absolute Gasteiger partial charge is 0.299 e. The molecule has 0 bridgehead atoms. The van der Waals surface area contributed by atoms with E-state index in [9.17, 15) is 0 Å². The van der Waals surface area contributed by atoms with Crippen LogP contribution in [0.3, 0.4) is 0 Å². The zero-order valence-corrected chi connectivity index (χ0v) is 4.65. The van der Waals surface area contributed by atoms with E-state index in [1.807, 2.05) is 0 Å². The van der Waals surface area contributed by atoms with Crippen LogP contribution < -0.4 is 5.32 Å².